The summed E-state index contributed by atoms with van der Waals surface area (Å²) >= 11 is 0. The molecule has 0 bridgehead atoms. The van der Waals surface area contributed by atoms with Crippen molar-refractivity contribution in [2.24, 2.45) is 5.92 Å². The number of aliphatic hydroxyl groups is 1. The van der Waals surface area contributed by atoms with E-state index < -0.39 is 20.0 Å². The van der Waals surface area contributed by atoms with Crippen LogP contribution in [0.25, 0.3) is 16.6 Å². The molecule has 3 N–H and O–H groups in total. The summed E-state index contributed by atoms with van der Waals surface area (Å²) in [5, 5.41) is 13.9. The molecule has 1 amide bonds. The highest BCUT2D eigenvalue weighted by Gasteiger charge is 2.48. The highest BCUT2D eigenvalue weighted by Crippen LogP contribution is 2.47. The van der Waals surface area contributed by atoms with Crippen LogP contribution in [-0.4, -0.2) is 64.7 Å². The Bertz CT molecular complexity index is 1710. The van der Waals surface area contributed by atoms with Crippen molar-refractivity contribution in [1.82, 2.24) is 14.7 Å². The first kappa shape index (κ1) is 29.4. The number of aliphatic hydroxyl groups excluding tert-OH is 1. The maximum absolute atomic E-state index is 13.9. The van der Waals surface area contributed by atoms with Gasteiger partial charge in [-0.15, -0.1) is 0 Å². The molecule has 4 aromatic rings. The fourth-order valence-electron chi connectivity index (χ4n) is 6.86. The van der Waals surface area contributed by atoms with E-state index in [9.17, 15) is 19.5 Å². The number of nitrogens with one attached hydrogen (secondary N) is 1. The molecule has 5 atom stereocenters. The third-order valence-electron chi connectivity index (χ3n) is 9.25. The van der Waals surface area contributed by atoms with Crippen LogP contribution in [0.1, 0.15) is 36.1 Å². The second-order valence-corrected chi connectivity index (χ2v) is 16.5. The first-order chi connectivity index (χ1) is 20.6. The lowest BCUT2D eigenvalue weighted by Gasteiger charge is -2.44. The zero-order valence-electron chi connectivity index (χ0n) is 25.0. The first-order valence-electron chi connectivity index (χ1n) is 14.8. The Morgan fingerprint density at radius 2 is 1.84 bits per heavy atom. The zero-order valence-corrected chi connectivity index (χ0v) is 26.0. The van der Waals surface area contributed by atoms with Gasteiger partial charge < -0.3 is 24.3 Å². The molecule has 0 aliphatic carbocycles. The molecule has 1 aromatic heterocycles. The summed E-state index contributed by atoms with van der Waals surface area (Å²) in [6.07, 6.45) is -0.146. The average Bonchev–Trinajstić information content (AvgIpc) is 3.34. The molecular formula is C33H39N3O6Si. The predicted octanol–water partition coefficient (Wildman–Crippen LogP) is 4.31. The Kier molecular flexibility index (Phi) is 7.80. The molecule has 0 saturated heterocycles. The fraction of sp³-hybridized carbons (Fsp3) is 0.394. The minimum absolute atomic E-state index is 0.0997. The largest absolute Gasteiger partial charge is 0.490 e. The number of hydrogen-bond acceptors (Lipinski definition) is 6. The van der Waals surface area contributed by atoms with Crippen LogP contribution in [-0.2, 0) is 22.5 Å². The van der Waals surface area contributed by atoms with Gasteiger partial charge in [0.25, 0.3) is 5.56 Å². The Hall–Kier alpha value is -3.70. The maximum atomic E-state index is 13.9. The van der Waals surface area contributed by atoms with Gasteiger partial charge in [0.05, 0.1) is 35.3 Å². The number of amides is 1. The summed E-state index contributed by atoms with van der Waals surface area (Å²) in [4.78, 5) is 40.3. The van der Waals surface area contributed by atoms with E-state index in [0.29, 0.717) is 29.8 Å². The number of benzene rings is 3. The van der Waals surface area contributed by atoms with Crippen molar-refractivity contribution in [1.29, 1.82) is 0 Å². The van der Waals surface area contributed by atoms with E-state index in [1.807, 2.05) is 80.7 Å². The summed E-state index contributed by atoms with van der Waals surface area (Å²) in [7, 11) is -1.29. The van der Waals surface area contributed by atoms with Gasteiger partial charge in [0.1, 0.15) is 11.9 Å². The van der Waals surface area contributed by atoms with Crippen LogP contribution in [0, 0.1) is 5.92 Å². The fourth-order valence-corrected chi connectivity index (χ4v) is 8.71. The Morgan fingerprint density at radius 1 is 1.12 bits per heavy atom. The smallest absolute Gasteiger partial charge is 0.279 e. The van der Waals surface area contributed by atoms with E-state index >= 15 is 0 Å². The van der Waals surface area contributed by atoms with Crippen LogP contribution >= 0.6 is 0 Å². The topological polar surface area (TPSA) is 117 Å². The Morgan fingerprint density at radius 3 is 2.53 bits per heavy atom. The predicted molar refractivity (Wildman–Crippen MR) is 167 cm³/mol. The number of ether oxygens (including phenoxy) is 2. The van der Waals surface area contributed by atoms with Gasteiger partial charge in [0.15, 0.2) is 8.32 Å². The van der Waals surface area contributed by atoms with E-state index in [0.717, 1.165) is 22.2 Å². The molecule has 226 valence electrons. The number of aromatic amines is 1. The van der Waals surface area contributed by atoms with E-state index in [2.05, 4.69) is 5.10 Å². The standard InChI is InChI=1S/C33H39N3O6Si/c1-20-31(41-2)26-16-23(36-33(39)25-11-7-8-12-27(25)34-36)13-14-28(26)42-32(20)29(43(3,4)40)17-30(38)35-18-22-10-6-5-9-21(22)15-24(35)19-37/h5-14,16,20,24,29,31-32,34,37,40H,15,17-19H2,1-4H3/t20-,24+,29?,31-,32-/m1/s1. The van der Waals surface area contributed by atoms with Crippen LogP contribution < -0.4 is 10.3 Å². The average molecular weight is 602 g/mol. The van der Waals surface area contributed by atoms with Crippen LogP contribution in [0.5, 0.6) is 5.75 Å². The molecule has 2 aliphatic heterocycles. The van der Waals surface area contributed by atoms with Gasteiger partial charge >= 0.3 is 0 Å². The number of rotatable bonds is 7. The molecule has 0 saturated carbocycles. The van der Waals surface area contributed by atoms with Crippen molar-refractivity contribution >= 4 is 25.1 Å². The number of methoxy groups -OCH3 is 1. The van der Waals surface area contributed by atoms with E-state index in [4.69, 9.17) is 9.47 Å². The van der Waals surface area contributed by atoms with Crippen molar-refractivity contribution in [3.63, 3.8) is 0 Å². The van der Waals surface area contributed by atoms with Crippen molar-refractivity contribution < 1.29 is 24.2 Å². The molecule has 3 aromatic carbocycles. The minimum Gasteiger partial charge on any atom is -0.490 e. The molecule has 9 nitrogen and oxygen atoms in total. The second-order valence-electron chi connectivity index (χ2n) is 12.4. The van der Waals surface area contributed by atoms with Gasteiger partial charge in [-0.2, -0.15) is 0 Å². The molecule has 3 heterocycles. The third kappa shape index (κ3) is 5.33. The van der Waals surface area contributed by atoms with Crippen molar-refractivity contribution in [2.45, 2.75) is 63.2 Å². The van der Waals surface area contributed by atoms with E-state index in [-0.39, 0.29) is 42.6 Å². The van der Waals surface area contributed by atoms with Gasteiger partial charge in [-0.1, -0.05) is 43.3 Å². The molecule has 0 radical (unpaired) electrons. The van der Waals surface area contributed by atoms with Gasteiger partial charge in [-0.05, 0) is 61.0 Å². The van der Waals surface area contributed by atoms with Gasteiger partial charge in [0, 0.05) is 37.1 Å². The highest BCUT2D eigenvalue weighted by molar-refractivity contribution is 6.71. The van der Waals surface area contributed by atoms with E-state index in [1.54, 1.807) is 18.1 Å². The molecule has 6 rings (SSSR count). The lowest BCUT2D eigenvalue weighted by atomic mass is 9.86. The molecule has 10 heteroatoms. The normalized spacial score (nSPS) is 22.5. The summed E-state index contributed by atoms with van der Waals surface area (Å²) in [6, 6.07) is 20.7. The monoisotopic (exact) mass is 601 g/mol. The summed E-state index contributed by atoms with van der Waals surface area (Å²) in [5.74, 6) is 0.315. The zero-order chi connectivity index (χ0) is 30.5. The Labute approximate surface area is 251 Å². The molecule has 0 fully saturated rings. The Balaban J connectivity index is 1.30. The molecule has 0 spiro atoms. The first-order valence-corrected chi connectivity index (χ1v) is 17.9. The minimum atomic E-state index is -2.94. The SMILES string of the molecule is CO[C@H]1c2cc(-n3[nH]c4ccccc4c3=O)ccc2O[C@@H](C(CC(=O)N2Cc3ccccc3C[C@H]2CO)[Si](C)(C)O)[C@@H]1C. The molecule has 43 heavy (non-hydrogen) atoms. The number of aromatic nitrogens is 2. The summed E-state index contributed by atoms with van der Waals surface area (Å²) in [5.41, 5.74) is 3.90. The van der Waals surface area contributed by atoms with Crippen LogP contribution in [0.2, 0.25) is 18.6 Å². The summed E-state index contributed by atoms with van der Waals surface area (Å²) < 4.78 is 14.2. The number of fused-ring (bicyclic) bond motifs is 3. The lowest BCUT2D eigenvalue weighted by Crippen LogP contribution is -2.52. The van der Waals surface area contributed by atoms with Crippen molar-refractivity contribution in [3.8, 4) is 11.4 Å². The third-order valence-corrected chi connectivity index (χ3v) is 11.6. The molecule has 2 aliphatic rings. The van der Waals surface area contributed by atoms with Gasteiger partial charge in [-0.3, -0.25) is 14.7 Å². The van der Waals surface area contributed by atoms with Crippen LogP contribution in [0.15, 0.2) is 71.5 Å². The summed E-state index contributed by atoms with van der Waals surface area (Å²) in [6.45, 7) is 6.02. The van der Waals surface area contributed by atoms with E-state index in [1.165, 1.54) is 4.68 Å². The number of carbonyl (C=O) groups excluding carboxylic acids is 1. The van der Waals surface area contributed by atoms with Gasteiger partial charge in [0.2, 0.25) is 5.91 Å². The number of hydrogen-bond donors (Lipinski definition) is 3. The second kappa shape index (κ2) is 11.4. The van der Waals surface area contributed by atoms with Crippen LogP contribution in [0.3, 0.4) is 0 Å². The van der Waals surface area contributed by atoms with Crippen molar-refractivity contribution in [2.75, 3.05) is 13.7 Å². The number of H-pyrrole nitrogens is 1. The van der Waals surface area contributed by atoms with Gasteiger partial charge in [-0.25, -0.2) is 4.68 Å². The maximum Gasteiger partial charge on any atom is 0.279 e. The highest BCUT2D eigenvalue weighted by atomic mass is 28.4. The number of nitrogens with zero attached hydrogens (tertiary/aromatic N) is 2. The molecular weight excluding hydrogens is 562 g/mol. The number of carbonyl (C=O) groups is 1. The number of para-hydroxylation sites is 1. The quantitative estimate of drug-likeness (QED) is 0.272. The van der Waals surface area contributed by atoms with Crippen molar-refractivity contribution in [3.05, 3.63) is 93.8 Å². The lowest BCUT2D eigenvalue weighted by molar-refractivity contribution is -0.136. The van der Waals surface area contributed by atoms with Crippen LogP contribution in [0.4, 0.5) is 0 Å². The molecule has 1 unspecified atom stereocenters.